The summed E-state index contributed by atoms with van der Waals surface area (Å²) in [5.74, 6) is -0.592. The Balaban J connectivity index is 1.79. The van der Waals surface area contributed by atoms with Crippen LogP contribution in [0.4, 0.5) is 16.5 Å². The summed E-state index contributed by atoms with van der Waals surface area (Å²) in [4.78, 5) is 36.0. The van der Waals surface area contributed by atoms with Gasteiger partial charge >= 0.3 is 0 Å². The molecule has 1 aliphatic heterocycles. The molecule has 124 valence electrons. The average Bonchev–Trinajstić information content (AvgIpc) is 2.94. The number of nitrogens with zero attached hydrogens (tertiary/aromatic N) is 4. The summed E-state index contributed by atoms with van der Waals surface area (Å²) in [6.07, 6.45) is 0.628. The molecule has 0 saturated carbocycles. The highest BCUT2D eigenvalue weighted by molar-refractivity contribution is 7.15. The molecule has 0 radical (unpaired) electrons. The monoisotopic (exact) mass is 347 g/mol. The summed E-state index contributed by atoms with van der Waals surface area (Å²) in [6, 6.07) is 4.28. The minimum absolute atomic E-state index is 0.0307. The largest absolute Gasteiger partial charge is 0.303 e. The first-order valence-electron chi connectivity index (χ1n) is 7.11. The number of benzene rings is 1. The fraction of sp³-hybridized carbons (Fsp3) is 0.286. The van der Waals surface area contributed by atoms with E-state index < -0.39 is 10.8 Å². The summed E-state index contributed by atoms with van der Waals surface area (Å²) < 4.78 is 0. The maximum atomic E-state index is 12.2. The van der Waals surface area contributed by atoms with Crippen LogP contribution < -0.4 is 10.2 Å². The van der Waals surface area contributed by atoms with Gasteiger partial charge in [-0.15, -0.1) is 10.2 Å². The number of hydrogen-bond donors (Lipinski definition) is 1. The van der Waals surface area contributed by atoms with Gasteiger partial charge in [0.2, 0.25) is 16.9 Å². The number of nitrogens with one attached hydrogen (secondary N) is 1. The third kappa shape index (κ3) is 3.23. The molecule has 10 heteroatoms. The van der Waals surface area contributed by atoms with Gasteiger partial charge in [0.1, 0.15) is 11.6 Å². The van der Waals surface area contributed by atoms with Crippen LogP contribution in [0.25, 0.3) is 0 Å². The Morgan fingerprint density at radius 1 is 1.42 bits per heavy atom. The zero-order valence-corrected chi connectivity index (χ0v) is 13.5. The number of amides is 2. The number of carbonyl (C=O) groups excluding carboxylic acids is 2. The minimum Gasteiger partial charge on any atom is -0.303 e. The van der Waals surface area contributed by atoms with Crippen LogP contribution in [0.2, 0.25) is 0 Å². The number of rotatable bonds is 4. The molecule has 2 aromatic rings. The van der Waals surface area contributed by atoms with E-state index in [2.05, 4.69) is 15.5 Å². The highest BCUT2D eigenvalue weighted by Gasteiger charge is 2.27. The maximum absolute atomic E-state index is 12.2. The Morgan fingerprint density at radius 2 is 2.21 bits per heavy atom. The van der Waals surface area contributed by atoms with Gasteiger partial charge < -0.3 is 4.90 Å². The van der Waals surface area contributed by atoms with Gasteiger partial charge in [0.05, 0.1) is 4.92 Å². The second-order valence-corrected chi connectivity index (χ2v) is 6.41. The number of aryl methyl sites for hydroxylation is 2. The van der Waals surface area contributed by atoms with Gasteiger partial charge in [-0.2, -0.15) is 0 Å². The van der Waals surface area contributed by atoms with Crippen molar-refractivity contribution in [3.63, 3.8) is 0 Å². The lowest BCUT2D eigenvalue weighted by Gasteiger charge is -2.28. The van der Waals surface area contributed by atoms with Crippen LogP contribution in [-0.2, 0) is 16.0 Å². The number of anilines is 2. The lowest BCUT2D eigenvalue weighted by Crippen LogP contribution is -2.40. The van der Waals surface area contributed by atoms with Crippen molar-refractivity contribution in [2.75, 3.05) is 16.8 Å². The number of carbonyl (C=O) groups is 2. The van der Waals surface area contributed by atoms with E-state index in [0.29, 0.717) is 22.8 Å². The minimum atomic E-state index is -0.481. The predicted molar refractivity (Wildman–Crippen MR) is 87.0 cm³/mol. The second kappa shape index (κ2) is 6.32. The van der Waals surface area contributed by atoms with Gasteiger partial charge in [0.15, 0.2) is 0 Å². The zero-order valence-electron chi connectivity index (χ0n) is 12.7. The topological polar surface area (TPSA) is 118 Å². The van der Waals surface area contributed by atoms with Crippen molar-refractivity contribution in [1.29, 1.82) is 0 Å². The lowest BCUT2D eigenvalue weighted by molar-refractivity contribution is -0.384. The van der Waals surface area contributed by atoms with E-state index in [1.54, 1.807) is 6.92 Å². The summed E-state index contributed by atoms with van der Waals surface area (Å²) in [7, 11) is 0. The van der Waals surface area contributed by atoms with Gasteiger partial charge in [0, 0.05) is 24.2 Å². The molecule has 0 saturated heterocycles. The smallest absolute Gasteiger partial charge is 0.269 e. The number of nitro benzene ring substituents is 1. The van der Waals surface area contributed by atoms with Gasteiger partial charge in [-0.1, -0.05) is 11.3 Å². The molecule has 1 aromatic heterocycles. The predicted octanol–water partition coefficient (Wildman–Crippen LogP) is 1.67. The van der Waals surface area contributed by atoms with Crippen molar-refractivity contribution < 1.29 is 14.5 Å². The Hall–Kier alpha value is -2.88. The van der Waals surface area contributed by atoms with Gasteiger partial charge in [0.25, 0.3) is 5.69 Å². The second-order valence-electron chi connectivity index (χ2n) is 5.22. The molecule has 0 aliphatic carbocycles. The highest BCUT2D eigenvalue weighted by atomic mass is 32.1. The van der Waals surface area contributed by atoms with E-state index in [9.17, 15) is 19.7 Å². The number of nitro groups is 1. The molecule has 1 N–H and O–H groups in total. The van der Waals surface area contributed by atoms with Crippen LogP contribution in [-0.4, -0.2) is 33.5 Å². The molecule has 9 nitrogen and oxygen atoms in total. The molecule has 0 fully saturated rings. The molecule has 1 aliphatic rings. The van der Waals surface area contributed by atoms with Crippen LogP contribution in [0.1, 0.15) is 17.0 Å². The molecule has 1 aromatic carbocycles. The average molecular weight is 347 g/mol. The Labute approximate surface area is 140 Å². The van der Waals surface area contributed by atoms with Crippen LogP contribution in [0.3, 0.4) is 0 Å². The van der Waals surface area contributed by atoms with E-state index in [4.69, 9.17) is 0 Å². The van der Waals surface area contributed by atoms with Crippen molar-refractivity contribution in [3.05, 3.63) is 38.9 Å². The number of fused-ring (bicyclic) bond motifs is 1. The summed E-state index contributed by atoms with van der Waals surface area (Å²) >= 11 is 1.24. The van der Waals surface area contributed by atoms with E-state index >= 15 is 0 Å². The van der Waals surface area contributed by atoms with Crippen LogP contribution in [0.15, 0.2) is 18.2 Å². The first kappa shape index (κ1) is 16.0. The quantitative estimate of drug-likeness (QED) is 0.664. The van der Waals surface area contributed by atoms with Crippen LogP contribution in [0.5, 0.6) is 0 Å². The van der Waals surface area contributed by atoms with Gasteiger partial charge in [-0.05, 0) is 25.0 Å². The summed E-state index contributed by atoms with van der Waals surface area (Å²) in [6.45, 7) is 1.59. The van der Waals surface area contributed by atoms with Crippen LogP contribution in [0, 0.1) is 17.0 Å². The third-order valence-corrected chi connectivity index (χ3v) is 4.30. The Kier molecular flexibility index (Phi) is 4.21. The van der Waals surface area contributed by atoms with Gasteiger partial charge in [-0.25, -0.2) is 0 Å². The zero-order chi connectivity index (χ0) is 17.3. The summed E-state index contributed by atoms with van der Waals surface area (Å²) in [5.41, 5.74) is 1.18. The molecule has 0 spiro atoms. The molecule has 0 atom stereocenters. The number of non-ortho nitro benzene ring substituents is 1. The third-order valence-electron chi connectivity index (χ3n) is 3.55. The van der Waals surface area contributed by atoms with E-state index in [0.717, 1.165) is 5.01 Å². The SMILES string of the molecule is Cc1nnc(NC(=O)CN2C(=O)CCc3cc([N+](=O)[O-])ccc32)s1. The Bertz CT molecular complexity index is 834. The summed E-state index contributed by atoms with van der Waals surface area (Å²) in [5, 5.41) is 22.1. The molecule has 3 rings (SSSR count). The standard InChI is InChI=1S/C14H13N5O4S/c1-8-16-17-14(24-8)15-12(20)7-18-11-4-3-10(19(22)23)6-9(11)2-5-13(18)21/h3-4,6H,2,5,7H2,1H3,(H,15,17,20). The number of aromatic nitrogens is 2. The van der Waals surface area contributed by atoms with Crippen molar-refractivity contribution in [3.8, 4) is 0 Å². The fourth-order valence-corrected chi connectivity index (χ4v) is 3.09. The normalized spacial score (nSPS) is 13.5. The molecular formula is C14H13N5O4S. The lowest BCUT2D eigenvalue weighted by atomic mass is 10.0. The first-order valence-corrected chi connectivity index (χ1v) is 7.93. The van der Waals surface area contributed by atoms with Crippen molar-refractivity contribution in [2.24, 2.45) is 0 Å². The van der Waals surface area contributed by atoms with E-state index in [1.165, 1.54) is 34.4 Å². The van der Waals surface area contributed by atoms with Crippen molar-refractivity contribution in [1.82, 2.24) is 10.2 Å². The molecule has 2 amide bonds. The fourth-order valence-electron chi connectivity index (χ4n) is 2.48. The molecular weight excluding hydrogens is 334 g/mol. The van der Waals surface area contributed by atoms with E-state index in [1.807, 2.05) is 0 Å². The number of hydrogen-bond acceptors (Lipinski definition) is 7. The highest BCUT2D eigenvalue weighted by Crippen LogP contribution is 2.31. The van der Waals surface area contributed by atoms with E-state index in [-0.39, 0.29) is 24.6 Å². The Morgan fingerprint density at radius 3 is 2.88 bits per heavy atom. The molecule has 0 bridgehead atoms. The molecule has 24 heavy (non-hydrogen) atoms. The van der Waals surface area contributed by atoms with Gasteiger partial charge in [-0.3, -0.25) is 25.0 Å². The molecule has 2 heterocycles. The maximum Gasteiger partial charge on any atom is 0.269 e. The van der Waals surface area contributed by atoms with Crippen LogP contribution >= 0.6 is 11.3 Å². The van der Waals surface area contributed by atoms with Crippen molar-refractivity contribution in [2.45, 2.75) is 19.8 Å². The first-order chi connectivity index (χ1) is 11.4. The van der Waals surface area contributed by atoms with Crippen molar-refractivity contribution >= 4 is 39.7 Å². The molecule has 0 unspecified atom stereocenters.